The predicted molar refractivity (Wildman–Crippen MR) is 48.3 cm³/mol. The molecule has 0 aliphatic rings. The van der Waals surface area contributed by atoms with Crippen molar-refractivity contribution < 1.29 is 8.76 Å². The van der Waals surface area contributed by atoms with Crippen LogP contribution in [-0.2, 0) is 15.8 Å². The number of hydrogen-bond acceptors (Lipinski definition) is 3. The highest BCUT2D eigenvalue weighted by molar-refractivity contribution is 7.80. The van der Waals surface area contributed by atoms with Crippen LogP contribution < -0.4 is 0 Å². The molecule has 68 valence electrons. The van der Waals surface area contributed by atoms with E-state index >= 15 is 0 Å². The molecule has 0 aromatic heterocycles. The van der Waals surface area contributed by atoms with Crippen LogP contribution in [0.2, 0.25) is 0 Å². The van der Waals surface area contributed by atoms with Crippen molar-refractivity contribution in [2.24, 2.45) is 0 Å². The zero-order valence-corrected chi connectivity index (χ0v) is 7.88. The molecule has 0 saturated carbocycles. The lowest BCUT2D eigenvalue weighted by molar-refractivity contribution is 0.513. The topological polar surface area (TPSA) is 63.9 Å². The maximum atomic E-state index is 10.8. The lowest BCUT2D eigenvalue weighted by Crippen LogP contribution is -2.25. The molecule has 1 rings (SSSR count). The van der Waals surface area contributed by atoms with Gasteiger partial charge in [0.15, 0.2) is 0 Å². The van der Waals surface area contributed by atoms with Crippen LogP contribution in [0.5, 0.6) is 0 Å². The van der Waals surface area contributed by atoms with Gasteiger partial charge in [-0.3, -0.25) is 4.21 Å². The van der Waals surface area contributed by atoms with Crippen LogP contribution in [0.1, 0.15) is 12.5 Å². The van der Waals surface area contributed by atoms with E-state index in [2.05, 4.69) is 0 Å². The molecule has 13 heavy (non-hydrogen) atoms. The van der Waals surface area contributed by atoms with E-state index in [1.54, 1.807) is 36.4 Å². The largest absolute Gasteiger partial charge is 0.771 e. The lowest BCUT2D eigenvalue weighted by Gasteiger charge is -2.24. The molecule has 0 bridgehead atoms. The Morgan fingerprint density at radius 2 is 2.00 bits per heavy atom. The minimum Gasteiger partial charge on any atom is -0.771 e. The lowest BCUT2D eigenvalue weighted by atomic mass is 10.0. The Balaban J connectivity index is 3.21. The summed E-state index contributed by atoms with van der Waals surface area (Å²) >= 11 is -2.43. The smallest absolute Gasteiger partial charge is 0.141 e. The molecule has 1 aromatic rings. The molecule has 0 N–H and O–H groups in total. The molecule has 0 spiro atoms. The minimum absolute atomic E-state index is 0.492. The first kappa shape index (κ1) is 9.90. The third-order valence-corrected chi connectivity index (χ3v) is 2.86. The number of benzene rings is 1. The second-order valence-electron chi connectivity index (χ2n) is 2.75. The summed E-state index contributed by atoms with van der Waals surface area (Å²) in [6, 6.07) is 10.2. The van der Waals surface area contributed by atoms with Crippen molar-refractivity contribution in [3.8, 4) is 6.07 Å². The Kier molecular flexibility index (Phi) is 2.81. The fourth-order valence-electron chi connectivity index (χ4n) is 0.954. The first-order valence-corrected chi connectivity index (χ1v) is 4.75. The molecule has 2 unspecified atom stereocenters. The van der Waals surface area contributed by atoms with Gasteiger partial charge in [0.25, 0.3) is 0 Å². The second kappa shape index (κ2) is 3.69. The van der Waals surface area contributed by atoms with Gasteiger partial charge in [0.1, 0.15) is 4.75 Å². The van der Waals surface area contributed by atoms with Crippen LogP contribution in [-0.4, -0.2) is 8.76 Å². The van der Waals surface area contributed by atoms with Crippen LogP contribution in [0.3, 0.4) is 0 Å². The number of hydrogen-bond donors (Lipinski definition) is 0. The highest BCUT2D eigenvalue weighted by Crippen LogP contribution is 2.25. The quantitative estimate of drug-likeness (QED) is 0.666. The molecule has 0 saturated heterocycles. The maximum Gasteiger partial charge on any atom is 0.141 e. The van der Waals surface area contributed by atoms with E-state index in [9.17, 15) is 8.76 Å². The molecule has 1 aromatic carbocycles. The van der Waals surface area contributed by atoms with E-state index in [4.69, 9.17) is 5.26 Å². The van der Waals surface area contributed by atoms with Crippen molar-refractivity contribution in [3.63, 3.8) is 0 Å². The SMILES string of the molecule is CC(C#N)(c1ccccc1)S(=O)[O-]. The third kappa shape index (κ3) is 1.77. The fourth-order valence-corrected chi connectivity index (χ4v) is 1.36. The summed E-state index contributed by atoms with van der Waals surface area (Å²) in [5, 5.41) is 8.77. The Morgan fingerprint density at radius 3 is 2.38 bits per heavy atom. The molecule has 0 aliphatic heterocycles. The van der Waals surface area contributed by atoms with Gasteiger partial charge < -0.3 is 4.55 Å². The van der Waals surface area contributed by atoms with E-state index in [0.717, 1.165) is 0 Å². The van der Waals surface area contributed by atoms with Crippen LogP contribution in [0, 0.1) is 11.3 Å². The molecule has 0 amide bonds. The number of nitrogens with zero attached hydrogens (tertiary/aromatic N) is 1. The van der Waals surface area contributed by atoms with Gasteiger partial charge in [-0.25, -0.2) is 0 Å². The summed E-state index contributed by atoms with van der Waals surface area (Å²) in [6.07, 6.45) is 0. The van der Waals surface area contributed by atoms with Crippen molar-refractivity contribution >= 4 is 11.1 Å². The third-order valence-electron chi connectivity index (χ3n) is 1.87. The molecular formula is C9H8NO2S-. The highest BCUT2D eigenvalue weighted by atomic mass is 32.2. The van der Waals surface area contributed by atoms with Crippen LogP contribution in [0.25, 0.3) is 0 Å². The summed E-state index contributed by atoms with van der Waals surface area (Å²) in [5.41, 5.74) is 0.492. The van der Waals surface area contributed by atoms with Gasteiger partial charge in [0.05, 0.1) is 6.07 Å². The van der Waals surface area contributed by atoms with Gasteiger partial charge in [0, 0.05) is 0 Å². The Bertz CT molecular complexity index is 358. The van der Waals surface area contributed by atoms with Gasteiger partial charge in [-0.2, -0.15) is 5.26 Å². The molecule has 0 radical (unpaired) electrons. The van der Waals surface area contributed by atoms with E-state index in [0.29, 0.717) is 5.56 Å². The zero-order chi connectivity index (χ0) is 9.90. The zero-order valence-electron chi connectivity index (χ0n) is 7.06. The van der Waals surface area contributed by atoms with Gasteiger partial charge in [-0.1, -0.05) is 30.3 Å². The van der Waals surface area contributed by atoms with E-state index < -0.39 is 15.8 Å². The molecule has 2 atom stereocenters. The standard InChI is InChI=1S/C9H9NO2S/c1-9(7-10,13(11)12)8-5-3-2-4-6-8/h2-6H,1H3,(H,11,12)/p-1. The molecule has 4 heteroatoms. The normalized spacial score (nSPS) is 17.0. The molecule has 0 heterocycles. The monoisotopic (exact) mass is 194 g/mol. The van der Waals surface area contributed by atoms with Crippen LogP contribution in [0.15, 0.2) is 30.3 Å². The first-order valence-electron chi connectivity index (χ1n) is 3.67. The molecule has 0 fully saturated rings. The van der Waals surface area contributed by atoms with Crippen LogP contribution >= 0.6 is 0 Å². The molecule has 0 aliphatic carbocycles. The Hall–Kier alpha value is -1.18. The molecular weight excluding hydrogens is 186 g/mol. The Labute approximate surface area is 79.3 Å². The van der Waals surface area contributed by atoms with Crippen molar-refractivity contribution in [2.75, 3.05) is 0 Å². The van der Waals surface area contributed by atoms with Gasteiger partial charge in [0.2, 0.25) is 0 Å². The second-order valence-corrected chi connectivity index (χ2v) is 4.03. The average molecular weight is 194 g/mol. The fraction of sp³-hybridized carbons (Fsp3) is 0.222. The van der Waals surface area contributed by atoms with Gasteiger partial charge in [-0.15, -0.1) is 0 Å². The summed E-state index contributed by atoms with van der Waals surface area (Å²) < 4.78 is 20.2. The maximum absolute atomic E-state index is 10.8. The van der Waals surface area contributed by atoms with Crippen molar-refractivity contribution in [3.05, 3.63) is 35.9 Å². The summed E-state index contributed by atoms with van der Waals surface area (Å²) in [7, 11) is 0. The van der Waals surface area contributed by atoms with E-state index in [-0.39, 0.29) is 0 Å². The van der Waals surface area contributed by atoms with E-state index in [1.807, 2.05) is 0 Å². The van der Waals surface area contributed by atoms with Crippen molar-refractivity contribution in [2.45, 2.75) is 11.7 Å². The van der Waals surface area contributed by atoms with Crippen LogP contribution in [0.4, 0.5) is 0 Å². The predicted octanol–water partition coefficient (Wildman–Crippen LogP) is 1.30. The number of rotatable bonds is 2. The summed E-state index contributed by atoms with van der Waals surface area (Å²) in [4.78, 5) is 0. The summed E-state index contributed by atoms with van der Waals surface area (Å²) in [6.45, 7) is 1.38. The van der Waals surface area contributed by atoms with Crippen molar-refractivity contribution in [1.29, 1.82) is 5.26 Å². The van der Waals surface area contributed by atoms with Gasteiger partial charge in [-0.05, 0) is 23.6 Å². The molecule has 3 nitrogen and oxygen atoms in total. The highest BCUT2D eigenvalue weighted by Gasteiger charge is 2.27. The Morgan fingerprint density at radius 1 is 1.46 bits per heavy atom. The van der Waals surface area contributed by atoms with Crippen molar-refractivity contribution in [1.82, 2.24) is 0 Å². The minimum atomic E-state index is -2.43. The summed E-state index contributed by atoms with van der Waals surface area (Å²) in [5.74, 6) is 0. The average Bonchev–Trinajstić information content (AvgIpc) is 2.17. The van der Waals surface area contributed by atoms with Gasteiger partial charge >= 0.3 is 0 Å². The van der Waals surface area contributed by atoms with E-state index in [1.165, 1.54) is 6.92 Å². The first-order chi connectivity index (χ1) is 6.11. The number of nitriles is 1.